The Labute approximate surface area is 148 Å². The van der Waals surface area contributed by atoms with Gasteiger partial charge in [0.1, 0.15) is 6.54 Å². The summed E-state index contributed by atoms with van der Waals surface area (Å²) >= 11 is 12.2. The molecule has 1 aromatic carbocycles. The second-order valence-corrected chi connectivity index (χ2v) is 6.26. The molecule has 0 aliphatic rings. The van der Waals surface area contributed by atoms with Crippen molar-refractivity contribution in [3.05, 3.63) is 33.8 Å². The van der Waals surface area contributed by atoms with Gasteiger partial charge < -0.3 is 15.5 Å². The average Bonchev–Trinajstić information content (AvgIpc) is 2.49. The summed E-state index contributed by atoms with van der Waals surface area (Å²) in [5.41, 5.74) is 0.918. The number of aliphatic imine (C=N–C) groups is 1. The predicted molar refractivity (Wildman–Crippen MR) is 97.3 cm³/mol. The third-order valence-corrected chi connectivity index (χ3v) is 3.76. The van der Waals surface area contributed by atoms with E-state index in [2.05, 4.69) is 22.5 Å². The normalized spacial score (nSPS) is 12.7. The fourth-order valence-corrected chi connectivity index (χ4v) is 2.39. The summed E-state index contributed by atoms with van der Waals surface area (Å²) in [5, 5.41) is 7.65. The van der Waals surface area contributed by atoms with Gasteiger partial charge in [-0.3, -0.25) is 4.79 Å². The molecule has 0 aliphatic carbocycles. The number of hydrogen-bond donors (Lipinski definition) is 2. The molecule has 128 valence electrons. The van der Waals surface area contributed by atoms with Crippen molar-refractivity contribution in [2.75, 3.05) is 27.2 Å². The molecule has 0 spiro atoms. The number of likely N-dealkylation sites (N-methyl/N-ethyl adjacent to an activating group) is 1. The first-order chi connectivity index (χ1) is 10.8. The van der Waals surface area contributed by atoms with E-state index < -0.39 is 0 Å². The lowest BCUT2D eigenvalue weighted by Crippen LogP contribution is -2.40. The highest BCUT2D eigenvalue weighted by molar-refractivity contribution is 6.35. The Balaban J connectivity index is 2.82. The number of nitrogens with one attached hydrogen (secondary N) is 2. The van der Waals surface area contributed by atoms with E-state index in [1.165, 1.54) is 4.90 Å². The van der Waals surface area contributed by atoms with Crippen LogP contribution in [0.1, 0.15) is 31.9 Å². The third-order valence-electron chi connectivity index (χ3n) is 3.20. The molecule has 5 nitrogen and oxygen atoms in total. The molecular weight excluding hydrogens is 335 g/mol. The Hall–Kier alpha value is -1.46. The van der Waals surface area contributed by atoms with Gasteiger partial charge in [-0.15, -0.1) is 0 Å². The molecule has 1 aromatic rings. The molecule has 1 amide bonds. The quantitative estimate of drug-likeness (QED) is 0.606. The number of carbonyl (C=O) groups excluding carboxylic acids is 1. The monoisotopic (exact) mass is 358 g/mol. The summed E-state index contributed by atoms with van der Waals surface area (Å²) in [4.78, 5) is 17.5. The summed E-state index contributed by atoms with van der Waals surface area (Å²) in [6.07, 6.45) is 0.957. The van der Waals surface area contributed by atoms with Crippen molar-refractivity contribution in [2.45, 2.75) is 26.3 Å². The maximum atomic E-state index is 11.7. The van der Waals surface area contributed by atoms with Gasteiger partial charge in [0.05, 0.1) is 6.04 Å². The summed E-state index contributed by atoms with van der Waals surface area (Å²) in [6.45, 7) is 4.90. The molecule has 0 aromatic heterocycles. The summed E-state index contributed by atoms with van der Waals surface area (Å²) < 4.78 is 0. The van der Waals surface area contributed by atoms with Crippen molar-refractivity contribution in [1.29, 1.82) is 0 Å². The van der Waals surface area contributed by atoms with Crippen molar-refractivity contribution in [2.24, 2.45) is 4.99 Å². The van der Waals surface area contributed by atoms with Gasteiger partial charge in [-0.25, -0.2) is 4.99 Å². The zero-order chi connectivity index (χ0) is 17.4. The third kappa shape index (κ3) is 6.67. The molecule has 0 heterocycles. The molecule has 1 rings (SSSR count). The van der Waals surface area contributed by atoms with Gasteiger partial charge in [-0.1, -0.05) is 36.2 Å². The van der Waals surface area contributed by atoms with Crippen molar-refractivity contribution in [3.8, 4) is 0 Å². The van der Waals surface area contributed by atoms with Crippen molar-refractivity contribution < 1.29 is 4.79 Å². The van der Waals surface area contributed by atoms with Crippen LogP contribution in [0.15, 0.2) is 23.2 Å². The highest BCUT2D eigenvalue weighted by atomic mass is 35.5. The van der Waals surface area contributed by atoms with Crippen LogP contribution in [-0.2, 0) is 4.79 Å². The van der Waals surface area contributed by atoms with Crippen LogP contribution < -0.4 is 10.6 Å². The van der Waals surface area contributed by atoms with Crippen molar-refractivity contribution in [3.63, 3.8) is 0 Å². The minimum atomic E-state index is -0.0719. The molecule has 0 saturated carbocycles. The lowest BCUT2D eigenvalue weighted by Gasteiger charge is -2.20. The second-order valence-electron chi connectivity index (χ2n) is 5.41. The maximum absolute atomic E-state index is 11.7. The largest absolute Gasteiger partial charge is 0.356 e. The van der Waals surface area contributed by atoms with E-state index in [9.17, 15) is 4.79 Å². The van der Waals surface area contributed by atoms with Crippen molar-refractivity contribution >= 4 is 35.1 Å². The van der Waals surface area contributed by atoms with E-state index in [1.54, 1.807) is 26.2 Å². The van der Waals surface area contributed by atoms with Gasteiger partial charge in [0, 0.05) is 30.7 Å². The Kier molecular flexibility index (Phi) is 8.20. The minimum Gasteiger partial charge on any atom is -0.356 e. The van der Waals surface area contributed by atoms with Gasteiger partial charge in [0.2, 0.25) is 5.91 Å². The van der Waals surface area contributed by atoms with Crippen LogP contribution in [0.2, 0.25) is 10.0 Å². The van der Waals surface area contributed by atoms with Crippen LogP contribution in [-0.4, -0.2) is 44.0 Å². The molecule has 2 N–H and O–H groups in total. The van der Waals surface area contributed by atoms with E-state index in [0.29, 0.717) is 16.0 Å². The summed E-state index contributed by atoms with van der Waals surface area (Å²) in [6, 6.07) is 5.32. The molecule has 1 atom stereocenters. The molecule has 0 bridgehead atoms. The molecular formula is C16H24Cl2N4O. The number of nitrogens with zero attached hydrogens (tertiary/aromatic N) is 2. The first kappa shape index (κ1) is 19.6. The molecule has 0 fully saturated rings. The SMILES string of the molecule is CCCNC(=NCC(=O)N(C)C)NC(C)c1ccc(Cl)cc1Cl. The Morgan fingerprint density at radius 3 is 2.61 bits per heavy atom. The number of guanidine groups is 1. The van der Waals surface area contributed by atoms with Crippen LogP contribution in [0.3, 0.4) is 0 Å². The van der Waals surface area contributed by atoms with Gasteiger partial charge >= 0.3 is 0 Å². The zero-order valence-electron chi connectivity index (χ0n) is 14.0. The second kappa shape index (κ2) is 9.63. The van der Waals surface area contributed by atoms with Gasteiger partial charge in [-0.2, -0.15) is 0 Å². The van der Waals surface area contributed by atoms with E-state index in [1.807, 2.05) is 13.0 Å². The molecule has 23 heavy (non-hydrogen) atoms. The average molecular weight is 359 g/mol. The Morgan fingerprint density at radius 2 is 2.04 bits per heavy atom. The first-order valence-electron chi connectivity index (χ1n) is 7.55. The molecule has 7 heteroatoms. The topological polar surface area (TPSA) is 56.7 Å². The zero-order valence-corrected chi connectivity index (χ0v) is 15.5. The summed E-state index contributed by atoms with van der Waals surface area (Å²) in [5.74, 6) is 0.528. The smallest absolute Gasteiger partial charge is 0.243 e. The van der Waals surface area contributed by atoms with Crippen LogP contribution >= 0.6 is 23.2 Å². The van der Waals surface area contributed by atoms with Gasteiger partial charge in [0.15, 0.2) is 5.96 Å². The van der Waals surface area contributed by atoms with E-state index in [-0.39, 0.29) is 18.5 Å². The number of halogens is 2. The summed E-state index contributed by atoms with van der Waals surface area (Å²) in [7, 11) is 3.42. The fraction of sp³-hybridized carbons (Fsp3) is 0.500. The van der Waals surface area contributed by atoms with Crippen LogP contribution in [0.25, 0.3) is 0 Å². The highest BCUT2D eigenvalue weighted by Gasteiger charge is 2.12. The fourth-order valence-electron chi connectivity index (χ4n) is 1.82. The first-order valence-corrected chi connectivity index (χ1v) is 8.30. The lowest BCUT2D eigenvalue weighted by atomic mass is 10.1. The van der Waals surface area contributed by atoms with Crippen LogP contribution in [0.5, 0.6) is 0 Å². The molecule has 1 unspecified atom stereocenters. The molecule has 0 saturated heterocycles. The standard InChI is InChI=1S/C16H24Cl2N4O/c1-5-8-19-16(20-10-15(23)22(3)4)21-11(2)13-7-6-12(17)9-14(13)18/h6-7,9,11H,5,8,10H2,1-4H3,(H2,19,20,21). The number of rotatable bonds is 6. The Morgan fingerprint density at radius 1 is 1.35 bits per heavy atom. The van der Waals surface area contributed by atoms with E-state index >= 15 is 0 Å². The van der Waals surface area contributed by atoms with Crippen molar-refractivity contribution in [1.82, 2.24) is 15.5 Å². The maximum Gasteiger partial charge on any atom is 0.243 e. The lowest BCUT2D eigenvalue weighted by molar-refractivity contribution is -0.127. The Bertz CT molecular complexity index is 561. The molecule has 0 aliphatic heterocycles. The van der Waals surface area contributed by atoms with Gasteiger partial charge in [-0.05, 0) is 31.0 Å². The number of amides is 1. The van der Waals surface area contributed by atoms with E-state index in [0.717, 1.165) is 18.5 Å². The minimum absolute atomic E-state index is 0.0558. The number of benzene rings is 1. The van der Waals surface area contributed by atoms with E-state index in [4.69, 9.17) is 23.2 Å². The predicted octanol–water partition coefficient (Wildman–Crippen LogP) is 3.09. The molecule has 0 radical (unpaired) electrons. The highest BCUT2D eigenvalue weighted by Crippen LogP contribution is 2.25. The van der Waals surface area contributed by atoms with Gasteiger partial charge in [0.25, 0.3) is 0 Å². The number of carbonyl (C=O) groups is 1. The number of hydrogen-bond acceptors (Lipinski definition) is 2. The van der Waals surface area contributed by atoms with Crippen LogP contribution in [0.4, 0.5) is 0 Å². The van der Waals surface area contributed by atoms with Crippen LogP contribution in [0, 0.1) is 0 Å².